The monoisotopic (exact) mass is 594 g/mol. The van der Waals surface area contributed by atoms with Crippen molar-refractivity contribution in [3.63, 3.8) is 0 Å². The summed E-state index contributed by atoms with van der Waals surface area (Å²) in [4.78, 5) is 25.8. The largest absolute Gasteiger partial charge is 0.504 e. The smallest absolute Gasteiger partial charge is 0.343 e. The van der Waals surface area contributed by atoms with Crippen LogP contribution in [0.4, 0.5) is 0 Å². The Balaban J connectivity index is 1.54. The van der Waals surface area contributed by atoms with Crippen LogP contribution in [-0.4, -0.2) is 64.0 Å². The van der Waals surface area contributed by atoms with Gasteiger partial charge in [0.2, 0.25) is 0 Å². The Kier molecular flexibility index (Phi) is 7.13. The number of phenols is 8. The standard InChI is InChI=1S/C29H22O14/c30-16-2-1-11(3-17(16)31)27-22(36)10-15-23(42-27)8-14(41-28(39)12-4-18(32)25(37)19(33)5-12)9-24(15)43-29(40)13-6-20(34)26(38)21(35)7-13/h1-9,22,27,30-38H,10H2/t22?,27-/m1/s1. The fourth-order valence-corrected chi connectivity index (χ4v) is 4.36. The van der Waals surface area contributed by atoms with E-state index in [1.807, 2.05) is 0 Å². The first-order valence-corrected chi connectivity index (χ1v) is 12.3. The first-order valence-electron chi connectivity index (χ1n) is 12.3. The lowest BCUT2D eigenvalue weighted by Gasteiger charge is -2.32. The molecule has 0 radical (unpaired) electrons. The molecule has 1 aliphatic heterocycles. The maximum atomic E-state index is 12.9. The van der Waals surface area contributed by atoms with Crippen LogP contribution in [0.5, 0.6) is 63.2 Å². The Morgan fingerprint density at radius 3 is 1.72 bits per heavy atom. The lowest BCUT2D eigenvalue weighted by molar-refractivity contribution is 0.0193. The van der Waals surface area contributed by atoms with Crippen molar-refractivity contribution in [1.82, 2.24) is 0 Å². The van der Waals surface area contributed by atoms with Gasteiger partial charge in [0, 0.05) is 24.1 Å². The minimum Gasteiger partial charge on any atom is -0.504 e. The van der Waals surface area contributed by atoms with Gasteiger partial charge in [0.1, 0.15) is 23.4 Å². The predicted molar refractivity (Wildman–Crippen MR) is 142 cm³/mol. The van der Waals surface area contributed by atoms with Gasteiger partial charge in [0.15, 0.2) is 46.0 Å². The van der Waals surface area contributed by atoms with Crippen molar-refractivity contribution in [1.29, 1.82) is 0 Å². The lowest BCUT2D eigenvalue weighted by atomic mass is 9.93. The number of aliphatic hydroxyl groups excluding tert-OH is 1. The number of ether oxygens (including phenoxy) is 3. The minimum atomic E-state index is -1.27. The van der Waals surface area contributed by atoms with Gasteiger partial charge in [0.25, 0.3) is 0 Å². The maximum absolute atomic E-state index is 12.9. The summed E-state index contributed by atoms with van der Waals surface area (Å²) in [5.41, 5.74) is -0.354. The second kappa shape index (κ2) is 10.8. The summed E-state index contributed by atoms with van der Waals surface area (Å²) in [5, 5.41) is 88.7. The SMILES string of the molecule is O=C(Oc1cc(OC(=O)c2cc(O)c(O)c(O)c2)c2c(c1)O[C@H](c1ccc(O)c(O)c1)C(O)C2)c1cc(O)c(O)c(O)c1. The number of phenolic OH excluding ortho intramolecular Hbond substituents is 8. The van der Waals surface area contributed by atoms with Crippen LogP contribution in [0.1, 0.15) is 37.9 Å². The average Bonchev–Trinajstić information content (AvgIpc) is 2.95. The summed E-state index contributed by atoms with van der Waals surface area (Å²) >= 11 is 0. The number of fused-ring (bicyclic) bond motifs is 1. The Labute approximate surface area is 240 Å². The van der Waals surface area contributed by atoms with Gasteiger partial charge in [0.05, 0.1) is 17.2 Å². The molecule has 1 unspecified atom stereocenters. The molecular formula is C29H22O14. The molecule has 0 bridgehead atoms. The highest BCUT2D eigenvalue weighted by Crippen LogP contribution is 2.45. The highest BCUT2D eigenvalue weighted by atomic mass is 16.6. The summed E-state index contributed by atoms with van der Waals surface area (Å²) in [6, 6.07) is 9.40. The summed E-state index contributed by atoms with van der Waals surface area (Å²) in [7, 11) is 0. The predicted octanol–water partition coefficient (Wildman–Crippen LogP) is 2.81. The molecule has 4 aromatic carbocycles. The second-order valence-electron chi connectivity index (χ2n) is 9.46. The molecule has 4 aromatic rings. The van der Waals surface area contributed by atoms with Gasteiger partial charge in [-0.05, 0) is 42.0 Å². The summed E-state index contributed by atoms with van der Waals surface area (Å²) in [5.74, 6) is -8.67. The molecule has 0 amide bonds. The first-order chi connectivity index (χ1) is 20.3. The Morgan fingerprint density at radius 2 is 1.19 bits per heavy atom. The molecule has 222 valence electrons. The minimum absolute atomic E-state index is 0.0382. The molecule has 14 heteroatoms. The van der Waals surface area contributed by atoms with Crippen LogP contribution in [0.15, 0.2) is 54.6 Å². The summed E-state index contributed by atoms with van der Waals surface area (Å²) < 4.78 is 16.7. The number of hydrogen-bond acceptors (Lipinski definition) is 14. The van der Waals surface area contributed by atoms with E-state index >= 15 is 0 Å². The van der Waals surface area contributed by atoms with E-state index < -0.39 is 70.1 Å². The Morgan fingerprint density at radius 1 is 0.651 bits per heavy atom. The Bertz CT molecular complexity index is 1730. The molecule has 0 aromatic heterocycles. The third-order valence-electron chi connectivity index (χ3n) is 6.51. The molecule has 5 rings (SSSR count). The molecule has 9 N–H and O–H groups in total. The third kappa shape index (κ3) is 5.49. The first kappa shape index (κ1) is 28.5. The van der Waals surface area contributed by atoms with Crippen LogP contribution in [-0.2, 0) is 6.42 Å². The normalized spacial score (nSPS) is 15.7. The van der Waals surface area contributed by atoms with E-state index in [1.165, 1.54) is 24.3 Å². The van der Waals surface area contributed by atoms with E-state index in [4.69, 9.17) is 14.2 Å². The molecule has 43 heavy (non-hydrogen) atoms. The van der Waals surface area contributed by atoms with Crippen molar-refractivity contribution in [2.24, 2.45) is 0 Å². The van der Waals surface area contributed by atoms with Crippen molar-refractivity contribution in [3.8, 4) is 63.2 Å². The quantitative estimate of drug-likeness (QED) is 0.0916. The van der Waals surface area contributed by atoms with Crippen LogP contribution in [0.3, 0.4) is 0 Å². The number of rotatable bonds is 5. The molecule has 0 saturated heterocycles. The zero-order valence-corrected chi connectivity index (χ0v) is 21.6. The van der Waals surface area contributed by atoms with Crippen LogP contribution < -0.4 is 14.2 Å². The summed E-state index contributed by atoms with van der Waals surface area (Å²) in [6.45, 7) is 0. The van der Waals surface area contributed by atoms with Crippen molar-refractivity contribution in [3.05, 3.63) is 76.9 Å². The van der Waals surface area contributed by atoms with Crippen LogP contribution in [0, 0.1) is 0 Å². The van der Waals surface area contributed by atoms with E-state index in [0.717, 1.165) is 30.3 Å². The molecule has 2 atom stereocenters. The molecule has 14 nitrogen and oxygen atoms in total. The number of aromatic hydroxyl groups is 8. The van der Waals surface area contributed by atoms with Crippen LogP contribution >= 0.6 is 0 Å². The van der Waals surface area contributed by atoms with E-state index in [2.05, 4.69) is 0 Å². The van der Waals surface area contributed by atoms with Crippen LogP contribution in [0.25, 0.3) is 0 Å². The van der Waals surface area contributed by atoms with E-state index in [-0.39, 0.29) is 45.9 Å². The van der Waals surface area contributed by atoms with Crippen molar-refractivity contribution in [2.45, 2.75) is 18.6 Å². The Hall–Kier alpha value is -6.02. The third-order valence-corrected chi connectivity index (χ3v) is 6.51. The van der Waals surface area contributed by atoms with E-state index in [1.54, 1.807) is 0 Å². The van der Waals surface area contributed by atoms with Crippen LogP contribution in [0.2, 0.25) is 0 Å². The number of carbonyl (C=O) groups is 2. The zero-order chi connectivity index (χ0) is 31.2. The van der Waals surface area contributed by atoms with Crippen molar-refractivity contribution in [2.75, 3.05) is 0 Å². The molecule has 0 spiro atoms. The number of aliphatic hydroxyl groups is 1. The average molecular weight is 594 g/mol. The number of benzene rings is 4. The molecule has 0 fully saturated rings. The van der Waals surface area contributed by atoms with Gasteiger partial charge in [-0.2, -0.15) is 0 Å². The van der Waals surface area contributed by atoms with Crippen molar-refractivity contribution >= 4 is 11.9 Å². The van der Waals surface area contributed by atoms with Gasteiger partial charge < -0.3 is 60.2 Å². The maximum Gasteiger partial charge on any atom is 0.343 e. The molecular weight excluding hydrogens is 572 g/mol. The lowest BCUT2D eigenvalue weighted by Crippen LogP contribution is -2.31. The van der Waals surface area contributed by atoms with Gasteiger partial charge in [-0.3, -0.25) is 0 Å². The summed E-state index contributed by atoms with van der Waals surface area (Å²) in [6.07, 6.45) is -2.57. The fourth-order valence-electron chi connectivity index (χ4n) is 4.36. The second-order valence-corrected chi connectivity index (χ2v) is 9.46. The topological polar surface area (TPSA) is 244 Å². The molecule has 1 heterocycles. The highest BCUT2D eigenvalue weighted by molar-refractivity contribution is 5.94. The highest BCUT2D eigenvalue weighted by Gasteiger charge is 2.34. The number of esters is 2. The molecule has 1 aliphatic rings. The fraction of sp³-hybridized carbons (Fsp3) is 0.103. The van der Waals surface area contributed by atoms with Gasteiger partial charge in [-0.25, -0.2) is 9.59 Å². The molecule has 0 aliphatic carbocycles. The van der Waals surface area contributed by atoms with E-state index in [9.17, 15) is 55.5 Å². The molecule has 0 saturated carbocycles. The number of hydrogen-bond donors (Lipinski definition) is 9. The van der Waals surface area contributed by atoms with Crippen molar-refractivity contribution < 1.29 is 69.8 Å². The van der Waals surface area contributed by atoms with Gasteiger partial charge in [-0.15, -0.1) is 0 Å². The zero-order valence-electron chi connectivity index (χ0n) is 21.6. The van der Waals surface area contributed by atoms with E-state index in [0.29, 0.717) is 0 Å². The number of carbonyl (C=O) groups excluding carboxylic acids is 2. The van der Waals surface area contributed by atoms with Gasteiger partial charge >= 0.3 is 11.9 Å². The van der Waals surface area contributed by atoms with Gasteiger partial charge in [-0.1, -0.05) is 6.07 Å².